The van der Waals surface area contributed by atoms with Crippen molar-refractivity contribution in [1.29, 1.82) is 0 Å². The van der Waals surface area contributed by atoms with Gasteiger partial charge in [0.15, 0.2) is 6.10 Å². The van der Waals surface area contributed by atoms with Gasteiger partial charge in [0.05, 0.1) is 13.2 Å². The first-order chi connectivity index (χ1) is 34.3. The molecule has 9 nitrogen and oxygen atoms in total. The third-order valence-electron chi connectivity index (χ3n) is 12.0. The number of rotatable bonds is 53. The Bertz CT molecular complexity index is 1420. The molecule has 0 saturated heterocycles. The Balaban J connectivity index is 4.03. The SMILES string of the molecule is CC/C=C\C/C=C\C/C=C\C/C=C\C/C=C\C/C=C\C/C=C\CCCCCCCCCC(=O)OC(COC(=O)CCCCCCCCCCCCCCCCCCCCCC)COP(=O)(O)OCCN. The number of esters is 2. The normalized spacial score (nSPS) is 13.7. The highest BCUT2D eigenvalue weighted by Gasteiger charge is 2.26. The van der Waals surface area contributed by atoms with Gasteiger partial charge in [-0.25, -0.2) is 4.57 Å². The van der Waals surface area contributed by atoms with E-state index in [0.717, 1.165) is 89.9 Å². The van der Waals surface area contributed by atoms with E-state index in [1.165, 1.54) is 128 Å². The molecular formula is C60H106NO8P. The van der Waals surface area contributed by atoms with Crippen LogP contribution < -0.4 is 5.73 Å². The lowest BCUT2D eigenvalue weighted by molar-refractivity contribution is -0.161. The highest BCUT2D eigenvalue weighted by molar-refractivity contribution is 7.47. The molecule has 2 atom stereocenters. The van der Waals surface area contributed by atoms with Crippen LogP contribution in [0.4, 0.5) is 0 Å². The highest BCUT2D eigenvalue weighted by Crippen LogP contribution is 2.43. The Labute approximate surface area is 430 Å². The Morgan fingerprint density at radius 2 is 0.786 bits per heavy atom. The van der Waals surface area contributed by atoms with E-state index < -0.39 is 26.5 Å². The summed E-state index contributed by atoms with van der Waals surface area (Å²) in [5.41, 5.74) is 5.38. The molecule has 404 valence electrons. The molecule has 0 fully saturated rings. The fourth-order valence-corrected chi connectivity index (χ4v) is 8.62. The molecule has 0 aliphatic carbocycles. The third kappa shape index (κ3) is 54.5. The highest BCUT2D eigenvalue weighted by atomic mass is 31.2. The Morgan fingerprint density at radius 1 is 0.443 bits per heavy atom. The van der Waals surface area contributed by atoms with Gasteiger partial charge < -0.3 is 20.1 Å². The zero-order chi connectivity index (χ0) is 51.0. The first-order valence-electron chi connectivity index (χ1n) is 28.6. The lowest BCUT2D eigenvalue weighted by Crippen LogP contribution is -2.29. The Hall–Kier alpha value is -2.81. The smallest absolute Gasteiger partial charge is 0.462 e. The zero-order valence-electron chi connectivity index (χ0n) is 45.0. The molecular weight excluding hydrogens is 894 g/mol. The molecule has 3 N–H and O–H groups in total. The van der Waals surface area contributed by atoms with Crippen LogP contribution in [-0.2, 0) is 32.7 Å². The van der Waals surface area contributed by atoms with E-state index in [-0.39, 0.29) is 38.6 Å². The molecule has 0 spiro atoms. The summed E-state index contributed by atoms with van der Waals surface area (Å²) in [5.74, 6) is -0.836. The maximum atomic E-state index is 12.7. The second kappa shape index (κ2) is 55.5. The molecule has 0 bridgehead atoms. The quantitative estimate of drug-likeness (QED) is 0.0264. The Kier molecular flexibility index (Phi) is 53.3. The van der Waals surface area contributed by atoms with Crippen LogP contribution >= 0.6 is 7.82 Å². The number of carbonyl (C=O) groups excluding carboxylic acids is 2. The minimum absolute atomic E-state index is 0.0487. The van der Waals surface area contributed by atoms with Crippen molar-refractivity contribution in [2.24, 2.45) is 5.73 Å². The summed E-state index contributed by atoms with van der Waals surface area (Å²) < 4.78 is 33.0. The number of ether oxygens (including phenoxy) is 2. The largest absolute Gasteiger partial charge is 0.472 e. The zero-order valence-corrected chi connectivity index (χ0v) is 45.9. The van der Waals surface area contributed by atoms with E-state index in [4.69, 9.17) is 24.3 Å². The van der Waals surface area contributed by atoms with E-state index in [1.807, 2.05) is 0 Å². The number of unbranched alkanes of at least 4 members (excludes halogenated alkanes) is 26. The minimum Gasteiger partial charge on any atom is -0.462 e. The monoisotopic (exact) mass is 1000 g/mol. The maximum Gasteiger partial charge on any atom is 0.472 e. The molecule has 0 rings (SSSR count). The standard InChI is InChI=1S/C60H106NO8P/c1-3-5-7-9-11-13-15-17-19-21-23-25-26-27-28-29-30-31-32-33-35-37-39-41-43-45-47-49-51-53-60(63)69-58(57-68-70(64,65)67-55-54-61)56-66-59(62)52-50-48-46-44-42-40-38-36-34-24-22-20-18-16-14-12-10-8-6-4-2/h5,7,11,13,17,19,23,25,27-28,30-31,33,35,58H,3-4,6,8-10,12,14-16,18,20-22,24,26,29,32,34,36-57,61H2,1-2H3,(H,64,65)/b7-5-,13-11-,19-17-,25-23-,28-27-,31-30-,35-33-. The van der Waals surface area contributed by atoms with Crippen LogP contribution in [0.3, 0.4) is 0 Å². The van der Waals surface area contributed by atoms with Gasteiger partial charge >= 0.3 is 19.8 Å². The van der Waals surface area contributed by atoms with Gasteiger partial charge in [0, 0.05) is 19.4 Å². The molecule has 0 aliphatic rings. The second-order valence-corrected chi connectivity index (χ2v) is 20.2. The predicted molar refractivity (Wildman–Crippen MR) is 298 cm³/mol. The van der Waals surface area contributed by atoms with E-state index in [2.05, 4.69) is 98.9 Å². The molecule has 0 radical (unpaired) electrons. The molecule has 2 unspecified atom stereocenters. The lowest BCUT2D eigenvalue weighted by Gasteiger charge is -2.19. The van der Waals surface area contributed by atoms with Crippen molar-refractivity contribution < 1.29 is 37.6 Å². The van der Waals surface area contributed by atoms with Crippen molar-refractivity contribution in [3.05, 3.63) is 85.1 Å². The first kappa shape index (κ1) is 67.2. The average molecular weight is 1000 g/mol. The summed E-state index contributed by atoms with van der Waals surface area (Å²) in [4.78, 5) is 35.2. The fourth-order valence-electron chi connectivity index (χ4n) is 7.85. The summed E-state index contributed by atoms with van der Waals surface area (Å²) in [7, 11) is -4.39. The second-order valence-electron chi connectivity index (χ2n) is 18.8. The van der Waals surface area contributed by atoms with E-state index >= 15 is 0 Å². The number of hydrogen-bond acceptors (Lipinski definition) is 8. The van der Waals surface area contributed by atoms with Crippen LogP contribution in [-0.4, -0.2) is 49.3 Å². The first-order valence-corrected chi connectivity index (χ1v) is 30.1. The summed E-state index contributed by atoms with van der Waals surface area (Å²) >= 11 is 0. The molecule has 10 heteroatoms. The van der Waals surface area contributed by atoms with E-state index in [9.17, 15) is 19.0 Å². The number of hydrogen-bond donors (Lipinski definition) is 2. The van der Waals surface area contributed by atoms with Gasteiger partial charge in [0.25, 0.3) is 0 Å². The lowest BCUT2D eigenvalue weighted by atomic mass is 10.0. The van der Waals surface area contributed by atoms with Gasteiger partial charge in [-0.3, -0.25) is 18.6 Å². The Morgan fingerprint density at radius 3 is 1.17 bits per heavy atom. The third-order valence-corrected chi connectivity index (χ3v) is 13.0. The van der Waals surface area contributed by atoms with Crippen molar-refractivity contribution in [2.75, 3.05) is 26.4 Å². The van der Waals surface area contributed by atoms with Gasteiger partial charge in [-0.05, 0) is 70.6 Å². The van der Waals surface area contributed by atoms with Crippen LogP contribution in [0.5, 0.6) is 0 Å². The van der Waals surface area contributed by atoms with Crippen LogP contribution in [0.15, 0.2) is 85.1 Å². The van der Waals surface area contributed by atoms with Crippen LogP contribution in [0.25, 0.3) is 0 Å². The summed E-state index contributed by atoms with van der Waals surface area (Å²) in [6.45, 7) is 3.64. The van der Waals surface area contributed by atoms with Gasteiger partial charge in [0.1, 0.15) is 6.61 Å². The van der Waals surface area contributed by atoms with E-state index in [1.54, 1.807) is 0 Å². The van der Waals surface area contributed by atoms with Crippen molar-refractivity contribution in [2.45, 2.75) is 258 Å². The van der Waals surface area contributed by atoms with Crippen molar-refractivity contribution in [3.63, 3.8) is 0 Å². The molecule has 0 heterocycles. The summed E-state index contributed by atoms with van der Waals surface area (Å²) in [6.07, 6.45) is 72.0. The maximum absolute atomic E-state index is 12.7. The van der Waals surface area contributed by atoms with Gasteiger partial charge in [-0.15, -0.1) is 0 Å². The van der Waals surface area contributed by atoms with Gasteiger partial charge in [0.2, 0.25) is 0 Å². The number of phosphoric ester groups is 1. The number of allylic oxidation sites excluding steroid dienone is 14. The van der Waals surface area contributed by atoms with Crippen LogP contribution in [0.1, 0.15) is 251 Å². The molecule has 0 saturated carbocycles. The molecule has 0 aliphatic heterocycles. The van der Waals surface area contributed by atoms with Gasteiger partial charge in [-0.1, -0.05) is 253 Å². The topological polar surface area (TPSA) is 134 Å². The van der Waals surface area contributed by atoms with Crippen molar-refractivity contribution in [1.82, 2.24) is 0 Å². The minimum atomic E-state index is -4.39. The van der Waals surface area contributed by atoms with Gasteiger partial charge in [-0.2, -0.15) is 0 Å². The predicted octanol–water partition coefficient (Wildman–Crippen LogP) is 17.9. The summed E-state index contributed by atoms with van der Waals surface area (Å²) in [6, 6.07) is 0. The van der Waals surface area contributed by atoms with Crippen molar-refractivity contribution >= 4 is 19.8 Å². The van der Waals surface area contributed by atoms with E-state index in [0.29, 0.717) is 6.42 Å². The molecule has 0 aromatic rings. The number of nitrogens with two attached hydrogens (primary N) is 1. The average Bonchev–Trinajstić information content (AvgIpc) is 3.35. The number of phosphoric acid groups is 1. The van der Waals surface area contributed by atoms with Crippen LogP contribution in [0, 0.1) is 0 Å². The van der Waals surface area contributed by atoms with Crippen LogP contribution in [0.2, 0.25) is 0 Å². The number of carbonyl (C=O) groups is 2. The molecule has 0 amide bonds. The molecule has 70 heavy (non-hydrogen) atoms. The fraction of sp³-hybridized carbons (Fsp3) is 0.733. The summed E-state index contributed by atoms with van der Waals surface area (Å²) in [5, 5.41) is 0. The molecule has 0 aromatic heterocycles. The van der Waals surface area contributed by atoms with Crippen molar-refractivity contribution in [3.8, 4) is 0 Å². The molecule has 0 aromatic carbocycles.